The van der Waals surface area contributed by atoms with Crippen LogP contribution in [0.15, 0.2) is 30.3 Å². The van der Waals surface area contributed by atoms with Crippen LogP contribution >= 0.6 is 0 Å². The van der Waals surface area contributed by atoms with Crippen molar-refractivity contribution >= 4 is 17.7 Å². The first kappa shape index (κ1) is 18.4. The molecule has 1 atom stereocenters. The minimum Gasteiger partial charge on any atom is -0.333 e. The third-order valence-electron chi connectivity index (χ3n) is 5.19. The van der Waals surface area contributed by atoms with Crippen molar-refractivity contribution in [2.45, 2.75) is 13.0 Å². The first-order chi connectivity index (χ1) is 12.5. The summed E-state index contributed by atoms with van der Waals surface area (Å²) in [5.41, 5.74) is 1.09. The van der Waals surface area contributed by atoms with Crippen LogP contribution in [-0.2, 0) is 14.4 Å². The molecule has 2 aliphatic heterocycles. The molecule has 7 heteroatoms. The highest BCUT2D eigenvalue weighted by atomic mass is 16.2. The van der Waals surface area contributed by atoms with E-state index in [0.29, 0.717) is 26.2 Å². The minimum absolute atomic E-state index is 0.0326. The average Bonchev–Trinajstić information content (AvgIpc) is 2.66. The summed E-state index contributed by atoms with van der Waals surface area (Å²) in [6, 6.07) is 9.92. The zero-order chi connectivity index (χ0) is 18.7. The van der Waals surface area contributed by atoms with Gasteiger partial charge in [0.15, 0.2) is 0 Å². The SMILES string of the molecule is CCN1CCN(CC(=O)N2CCN(C)CC2c2ccccc2)C(=O)C1=O. The molecule has 2 aliphatic rings. The van der Waals surface area contributed by atoms with Crippen molar-refractivity contribution in [1.29, 1.82) is 0 Å². The second-order valence-electron chi connectivity index (χ2n) is 6.89. The summed E-state index contributed by atoms with van der Waals surface area (Å²) >= 11 is 0. The highest BCUT2D eigenvalue weighted by Gasteiger charge is 2.36. The van der Waals surface area contributed by atoms with Crippen molar-refractivity contribution in [3.05, 3.63) is 35.9 Å². The predicted octanol–water partition coefficient (Wildman–Crippen LogP) is 0.192. The molecule has 0 N–H and O–H groups in total. The van der Waals surface area contributed by atoms with Gasteiger partial charge >= 0.3 is 11.8 Å². The van der Waals surface area contributed by atoms with Crippen molar-refractivity contribution in [2.75, 3.05) is 52.9 Å². The summed E-state index contributed by atoms with van der Waals surface area (Å²) in [5, 5.41) is 0. The van der Waals surface area contributed by atoms with Gasteiger partial charge in [0.1, 0.15) is 6.54 Å². The van der Waals surface area contributed by atoms with Crippen molar-refractivity contribution in [3.8, 4) is 0 Å². The maximum absolute atomic E-state index is 12.9. The lowest BCUT2D eigenvalue weighted by molar-refractivity contribution is -0.158. The van der Waals surface area contributed by atoms with Gasteiger partial charge in [-0.2, -0.15) is 0 Å². The van der Waals surface area contributed by atoms with E-state index >= 15 is 0 Å². The summed E-state index contributed by atoms with van der Waals surface area (Å²) in [6.07, 6.45) is 0. The Morgan fingerprint density at radius 2 is 1.65 bits per heavy atom. The molecule has 0 aliphatic carbocycles. The molecule has 26 heavy (non-hydrogen) atoms. The van der Waals surface area contributed by atoms with Crippen molar-refractivity contribution in [2.24, 2.45) is 0 Å². The Labute approximate surface area is 154 Å². The molecule has 1 unspecified atom stereocenters. The van der Waals surface area contributed by atoms with Gasteiger partial charge in [-0.25, -0.2) is 0 Å². The molecule has 3 amide bonds. The van der Waals surface area contributed by atoms with E-state index in [2.05, 4.69) is 4.90 Å². The van der Waals surface area contributed by atoms with E-state index in [1.54, 1.807) is 0 Å². The molecule has 140 valence electrons. The molecule has 2 fully saturated rings. The first-order valence-electron chi connectivity index (χ1n) is 9.12. The van der Waals surface area contributed by atoms with E-state index in [9.17, 15) is 14.4 Å². The number of carbonyl (C=O) groups excluding carboxylic acids is 3. The summed E-state index contributed by atoms with van der Waals surface area (Å²) in [5.74, 6) is -1.18. The Balaban J connectivity index is 1.71. The van der Waals surface area contributed by atoms with Crippen LogP contribution in [0, 0.1) is 0 Å². The Kier molecular flexibility index (Phi) is 5.56. The molecular weight excluding hydrogens is 332 g/mol. The number of hydrogen-bond acceptors (Lipinski definition) is 4. The summed E-state index contributed by atoms with van der Waals surface area (Å²) < 4.78 is 0. The van der Waals surface area contributed by atoms with Gasteiger partial charge < -0.3 is 19.6 Å². The van der Waals surface area contributed by atoms with Gasteiger partial charge in [-0.1, -0.05) is 30.3 Å². The molecule has 0 saturated carbocycles. The molecule has 1 aromatic carbocycles. The van der Waals surface area contributed by atoms with Gasteiger partial charge in [0.25, 0.3) is 0 Å². The Bertz CT molecular complexity index is 679. The number of hydrogen-bond donors (Lipinski definition) is 0. The van der Waals surface area contributed by atoms with Crippen LogP contribution in [0.2, 0.25) is 0 Å². The highest BCUT2D eigenvalue weighted by molar-refractivity contribution is 6.35. The second kappa shape index (κ2) is 7.86. The molecule has 3 rings (SSSR count). The van der Waals surface area contributed by atoms with Crippen LogP contribution in [0.1, 0.15) is 18.5 Å². The van der Waals surface area contributed by atoms with Gasteiger partial charge in [-0.3, -0.25) is 14.4 Å². The van der Waals surface area contributed by atoms with Crippen LogP contribution in [-0.4, -0.2) is 90.2 Å². The van der Waals surface area contributed by atoms with E-state index in [-0.39, 0.29) is 18.5 Å². The number of benzene rings is 1. The van der Waals surface area contributed by atoms with Crippen LogP contribution in [0.25, 0.3) is 0 Å². The van der Waals surface area contributed by atoms with Gasteiger partial charge in [0.2, 0.25) is 5.91 Å². The van der Waals surface area contributed by atoms with E-state index in [1.165, 1.54) is 9.80 Å². The lowest BCUT2D eigenvalue weighted by Crippen LogP contribution is -2.58. The molecule has 2 saturated heterocycles. The molecule has 0 radical (unpaired) electrons. The quantitative estimate of drug-likeness (QED) is 0.721. The number of carbonyl (C=O) groups is 3. The smallest absolute Gasteiger partial charge is 0.312 e. The average molecular weight is 358 g/mol. The lowest BCUT2D eigenvalue weighted by Gasteiger charge is -2.41. The standard InChI is InChI=1S/C19H26N4O3/c1-3-21-10-11-22(19(26)18(21)25)14-17(24)23-12-9-20(2)13-16(23)15-7-5-4-6-8-15/h4-8,16H,3,9-14H2,1-2H3. The highest BCUT2D eigenvalue weighted by Crippen LogP contribution is 2.25. The van der Waals surface area contributed by atoms with Crippen LogP contribution in [0.3, 0.4) is 0 Å². The Morgan fingerprint density at radius 1 is 1.00 bits per heavy atom. The zero-order valence-corrected chi connectivity index (χ0v) is 15.4. The summed E-state index contributed by atoms with van der Waals surface area (Å²) in [7, 11) is 2.05. The number of piperazine rings is 2. The summed E-state index contributed by atoms with van der Waals surface area (Å²) in [6.45, 7) is 5.40. The zero-order valence-electron chi connectivity index (χ0n) is 15.4. The van der Waals surface area contributed by atoms with E-state index < -0.39 is 11.8 Å². The van der Waals surface area contributed by atoms with E-state index in [0.717, 1.165) is 18.7 Å². The fourth-order valence-electron chi connectivity index (χ4n) is 3.60. The third kappa shape index (κ3) is 3.72. The number of rotatable bonds is 4. The molecule has 0 bridgehead atoms. The number of amides is 3. The molecule has 7 nitrogen and oxygen atoms in total. The van der Waals surface area contributed by atoms with Crippen LogP contribution < -0.4 is 0 Å². The fourth-order valence-corrected chi connectivity index (χ4v) is 3.60. The van der Waals surface area contributed by atoms with Crippen molar-refractivity contribution < 1.29 is 14.4 Å². The summed E-state index contributed by atoms with van der Waals surface area (Å²) in [4.78, 5) is 44.2. The predicted molar refractivity (Wildman–Crippen MR) is 97.2 cm³/mol. The Hall–Kier alpha value is -2.41. The largest absolute Gasteiger partial charge is 0.333 e. The first-order valence-corrected chi connectivity index (χ1v) is 9.12. The monoisotopic (exact) mass is 358 g/mol. The van der Waals surface area contributed by atoms with Crippen molar-refractivity contribution in [3.63, 3.8) is 0 Å². The molecular formula is C19H26N4O3. The minimum atomic E-state index is -0.572. The topological polar surface area (TPSA) is 64.2 Å². The van der Waals surface area contributed by atoms with Crippen LogP contribution in [0.4, 0.5) is 0 Å². The van der Waals surface area contributed by atoms with Gasteiger partial charge in [-0.15, -0.1) is 0 Å². The molecule has 1 aromatic rings. The Morgan fingerprint density at radius 3 is 2.35 bits per heavy atom. The van der Waals surface area contributed by atoms with E-state index in [4.69, 9.17) is 0 Å². The van der Waals surface area contributed by atoms with E-state index in [1.807, 2.05) is 49.2 Å². The molecule has 2 heterocycles. The second-order valence-corrected chi connectivity index (χ2v) is 6.89. The molecule has 0 aromatic heterocycles. The maximum Gasteiger partial charge on any atom is 0.312 e. The lowest BCUT2D eigenvalue weighted by atomic mass is 10.0. The fraction of sp³-hybridized carbons (Fsp3) is 0.526. The van der Waals surface area contributed by atoms with Crippen LogP contribution in [0.5, 0.6) is 0 Å². The van der Waals surface area contributed by atoms with Gasteiger partial charge in [0.05, 0.1) is 6.04 Å². The molecule has 0 spiro atoms. The third-order valence-corrected chi connectivity index (χ3v) is 5.19. The normalized spacial score (nSPS) is 22.1. The maximum atomic E-state index is 12.9. The van der Waals surface area contributed by atoms with Crippen molar-refractivity contribution in [1.82, 2.24) is 19.6 Å². The van der Waals surface area contributed by atoms with Gasteiger partial charge in [0, 0.05) is 39.3 Å². The number of nitrogens with zero attached hydrogens (tertiary/aromatic N) is 4. The van der Waals surface area contributed by atoms with Gasteiger partial charge in [-0.05, 0) is 19.5 Å². The number of likely N-dealkylation sites (N-methyl/N-ethyl adjacent to an activating group) is 2.